The second-order valence-electron chi connectivity index (χ2n) is 4.19. The van der Waals surface area contributed by atoms with Crippen LogP contribution in [0.1, 0.15) is 19.8 Å². The third kappa shape index (κ3) is 4.27. The Bertz CT molecular complexity index is 283. The fraction of sp³-hybridized carbons (Fsp3) is 0.833. The number of methoxy groups -OCH3 is 1. The van der Waals surface area contributed by atoms with Gasteiger partial charge in [-0.05, 0) is 12.8 Å². The third-order valence-corrected chi connectivity index (χ3v) is 2.91. The van der Waals surface area contributed by atoms with Crippen molar-refractivity contribution in [1.82, 2.24) is 10.2 Å². The van der Waals surface area contributed by atoms with Crippen molar-refractivity contribution in [2.24, 2.45) is 0 Å². The van der Waals surface area contributed by atoms with Crippen molar-refractivity contribution in [3.05, 3.63) is 0 Å². The number of nitrogens with zero attached hydrogens (tertiary/aromatic N) is 1. The molecular formula is C12H22N2O4. The molecule has 1 aliphatic heterocycles. The molecule has 0 aliphatic carbocycles. The van der Waals surface area contributed by atoms with Gasteiger partial charge in [-0.3, -0.25) is 9.59 Å². The SMILES string of the molecule is CCC1C(=O)NCC(=O)N1CCOCCCOC. The molecule has 6 nitrogen and oxygen atoms in total. The van der Waals surface area contributed by atoms with Crippen LogP contribution in [0.3, 0.4) is 0 Å². The summed E-state index contributed by atoms with van der Waals surface area (Å²) in [6, 6.07) is -0.353. The molecule has 18 heavy (non-hydrogen) atoms. The molecule has 0 saturated carbocycles. The number of amides is 2. The van der Waals surface area contributed by atoms with Crippen LogP contribution in [0.15, 0.2) is 0 Å². The first kappa shape index (κ1) is 14.9. The molecule has 6 heteroatoms. The van der Waals surface area contributed by atoms with Gasteiger partial charge in [-0.25, -0.2) is 0 Å². The molecule has 1 saturated heterocycles. The van der Waals surface area contributed by atoms with Crippen LogP contribution < -0.4 is 5.32 Å². The van der Waals surface area contributed by atoms with Gasteiger partial charge < -0.3 is 19.7 Å². The minimum Gasteiger partial charge on any atom is -0.385 e. The Labute approximate surface area is 108 Å². The number of ether oxygens (including phenoxy) is 2. The Kier molecular flexibility index (Phi) is 6.67. The first-order chi connectivity index (χ1) is 8.70. The Hall–Kier alpha value is -1.14. The van der Waals surface area contributed by atoms with E-state index in [4.69, 9.17) is 9.47 Å². The second kappa shape index (κ2) is 8.05. The largest absolute Gasteiger partial charge is 0.385 e. The average Bonchev–Trinajstić information content (AvgIpc) is 2.37. The summed E-state index contributed by atoms with van der Waals surface area (Å²) in [5, 5.41) is 2.59. The van der Waals surface area contributed by atoms with E-state index in [1.54, 1.807) is 12.0 Å². The lowest BCUT2D eigenvalue weighted by molar-refractivity contribution is -0.146. The molecular weight excluding hydrogens is 236 g/mol. The lowest BCUT2D eigenvalue weighted by atomic mass is 10.1. The molecule has 1 aliphatic rings. The van der Waals surface area contributed by atoms with E-state index in [1.807, 2.05) is 6.92 Å². The van der Waals surface area contributed by atoms with E-state index in [9.17, 15) is 9.59 Å². The van der Waals surface area contributed by atoms with Crippen LogP contribution in [0.4, 0.5) is 0 Å². The minimum atomic E-state index is -0.353. The highest BCUT2D eigenvalue weighted by Gasteiger charge is 2.32. The van der Waals surface area contributed by atoms with E-state index in [0.717, 1.165) is 6.42 Å². The number of hydrogen-bond acceptors (Lipinski definition) is 4. The molecule has 0 aromatic carbocycles. The van der Waals surface area contributed by atoms with Gasteiger partial charge in [0.1, 0.15) is 6.04 Å². The Morgan fingerprint density at radius 2 is 2.11 bits per heavy atom. The van der Waals surface area contributed by atoms with Gasteiger partial charge in [0.05, 0.1) is 13.2 Å². The smallest absolute Gasteiger partial charge is 0.243 e. The third-order valence-electron chi connectivity index (χ3n) is 2.91. The van der Waals surface area contributed by atoms with Crippen molar-refractivity contribution < 1.29 is 19.1 Å². The summed E-state index contributed by atoms with van der Waals surface area (Å²) in [7, 11) is 1.65. The average molecular weight is 258 g/mol. The fourth-order valence-corrected chi connectivity index (χ4v) is 1.95. The van der Waals surface area contributed by atoms with E-state index >= 15 is 0 Å². The van der Waals surface area contributed by atoms with Gasteiger partial charge in [0.15, 0.2) is 0 Å². The lowest BCUT2D eigenvalue weighted by Gasteiger charge is -2.34. The zero-order valence-corrected chi connectivity index (χ0v) is 11.1. The molecule has 1 fully saturated rings. The summed E-state index contributed by atoms with van der Waals surface area (Å²) in [5.74, 6) is -0.113. The van der Waals surface area contributed by atoms with Gasteiger partial charge in [-0.15, -0.1) is 0 Å². The van der Waals surface area contributed by atoms with Crippen molar-refractivity contribution in [2.75, 3.05) is 40.0 Å². The van der Waals surface area contributed by atoms with Gasteiger partial charge in [0.2, 0.25) is 11.8 Å². The maximum Gasteiger partial charge on any atom is 0.243 e. The van der Waals surface area contributed by atoms with Crippen LogP contribution in [0.25, 0.3) is 0 Å². The zero-order valence-electron chi connectivity index (χ0n) is 11.1. The highest BCUT2D eigenvalue weighted by molar-refractivity contribution is 5.94. The van der Waals surface area contributed by atoms with E-state index in [2.05, 4.69) is 5.32 Å². The Morgan fingerprint density at radius 1 is 1.33 bits per heavy atom. The zero-order chi connectivity index (χ0) is 13.4. The van der Waals surface area contributed by atoms with E-state index in [1.165, 1.54) is 0 Å². The van der Waals surface area contributed by atoms with Gasteiger partial charge in [0.25, 0.3) is 0 Å². The Balaban J connectivity index is 2.29. The topological polar surface area (TPSA) is 67.9 Å². The number of hydrogen-bond donors (Lipinski definition) is 1. The van der Waals surface area contributed by atoms with Gasteiger partial charge in [-0.1, -0.05) is 6.92 Å². The predicted octanol–water partition coefficient (Wildman–Crippen LogP) is -0.223. The van der Waals surface area contributed by atoms with Crippen molar-refractivity contribution in [1.29, 1.82) is 0 Å². The normalized spacial score (nSPS) is 20.1. The summed E-state index contributed by atoms with van der Waals surface area (Å²) in [6.07, 6.45) is 1.46. The molecule has 0 aromatic rings. The number of carbonyl (C=O) groups excluding carboxylic acids is 2. The van der Waals surface area contributed by atoms with Crippen LogP contribution in [0.5, 0.6) is 0 Å². The number of nitrogens with one attached hydrogen (secondary N) is 1. The van der Waals surface area contributed by atoms with Crippen molar-refractivity contribution in [3.8, 4) is 0 Å². The standard InChI is InChI=1S/C12H22N2O4/c1-3-10-12(16)13-9-11(15)14(10)5-8-18-7-4-6-17-2/h10H,3-9H2,1-2H3,(H,13,16). The monoisotopic (exact) mass is 258 g/mol. The summed E-state index contributed by atoms with van der Waals surface area (Å²) in [5.41, 5.74) is 0. The van der Waals surface area contributed by atoms with Crippen LogP contribution in [-0.2, 0) is 19.1 Å². The minimum absolute atomic E-state index is 0.0399. The predicted molar refractivity (Wildman–Crippen MR) is 66.1 cm³/mol. The fourth-order valence-electron chi connectivity index (χ4n) is 1.95. The highest BCUT2D eigenvalue weighted by Crippen LogP contribution is 2.09. The van der Waals surface area contributed by atoms with Crippen LogP contribution in [0.2, 0.25) is 0 Å². The number of piperazine rings is 1. The molecule has 2 amide bonds. The van der Waals surface area contributed by atoms with Crippen molar-refractivity contribution in [3.63, 3.8) is 0 Å². The van der Waals surface area contributed by atoms with Gasteiger partial charge in [0, 0.05) is 26.9 Å². The summed E-state index contributed by atoms with van der Waals surface area (Å²) in [4.78, 5) is 24.9. The molecule has 1 heterocycles. The van der Waals surface area contributed by atoms with Gasteiger partial charge >= 0.3 is 0 Å². The van der Waals surface area contributed by atoms with E-state index < -0.39 is 0 Å². The van der Waals surface area contributed by atoms with Crippen molar-refractivity contribution >= 4 is 11.8 Å². The first-order valence-electron chi connectivity index (χ1n) is 6.34. The van der Waals surface area contributed by atoms with E-state index in [-0.39, 0.29) is 24.4 Å². The molecule has 0 radical (unpaired) electrons. The molecule has 1 rings (SSSR count). The van der Waals surface area contributed by atoms with Crippen LogP contribution in [0, 0.1) is 0 Å². The summed E-state index contributed by atoms with van der Waals surface area (Å²) < 4.78 is 10.3. The maximum atomic E-state index is 11.7. The van der Waals surface area contributed by atoms with E-state index in [0.29, 0.717) is 32.8 Å². The quantitative estimate of drug-likeness (QED) is 0.611. The van der Waals surface area contributed by atoms with Crippen LogP contribution >= 0.6 is 0 Å². The molecule has 0 aromatic heterocycles. The Morgan fingerprint density at radius 3 is 2.78 bits per heavy atom. The summed E-state index contributed by atoms with van der Waals surface area (Å²) >= 11 is 0. The number of carbonyl (C=O) groups is 2. The first-order valence-corrected chi connectivity index (χ1v) is 6.34. The van der Waals surface area contributed by atoms with Crippen LogP contribution in [-0.4, -0.2) is 62.8 Å². The molecule has 1 atom stereocenters. The molecule has 104 valence electrons. The maximum absolute atomic E-state index is 11.7. The molecule has 0 spiro atoms. The summed E-state index contributed by atoms with van der Waals surface area (Å²) in [6.45, 7) is 4.20. The second-order valence-corrected chi connectivity index (χ2v) is 4.19. The van der Waals surface area contributed by atoms with Gasteiger partial charge in [-0.2, -0.15) is 0 Å². The number of rotatable bonds is 8. The molecule has 1 unspecified atom stereocenters. The lowest BCUT2D eigenvalue weighted by Crippen LogP contribution is -2.58. The van der Waals surface area contributed by atoms with Crippen molar-refractivity contribution in [2.45, 2.75) is 25.8 Å². The molecule has 1 N–H and O–H groups in total. The molecule has 0 bridgehead atoms. The highest BCUT2D eigenvalue weighted by atomic mass is 16.5.